The number of hydrogen-bond acceptors (Lipinski definition) is 5. The third-order valence-corrected chi connectivity index (χ3v) is 5.28. The van der Waals surface area contributed by atoms with Gasteiger partial charge in [-0.3, -0.25) is 0 Å². The molecule has 1 saturated heterocycles. The Morgan fingerprint density at radius 2 is 1.57 bits per heavy atom. The minimum atomic E-state index is -0.258. The molecule has 0 spiro atoms. The van der Waals surface area contributed by atoms with Crippen LogP contribution in [0.4, 0.5) is 16.2 Å². The fourth-order valence-corrected chi connectivity index (χ4v) is 3.75. The maximum atomic E-state index is 12.6. The number of hydrogen-bond donors (Lipinski definition) is 2. The van der Waals surface area contributed by atoms with Gasteiger partial charge in [0.2, 0.25) is 5.75 Å². The highest BCUT2D eigenvalue weighted by atomic mass is 16.5. The molecule has 7 heteroatoms. The molecular formula is C23H31N3O4. The summed E-state index contributed by atoms with van der Waals surface area (Å²) < 4.78 is 16.1. The Hall–Kier alpha value is -3.09. The largest absolute Gasteiger partial charge is 0.493 e. The lowest BCUT2D eigenvalue weighted by Gasteiger charge is -2.25. The molecule has 0 atom stereocenters. The van der Waals surface area contributed by atoms with Gasteiger partial charge in [-0.15, -0.1) is 0 Å². The van der Waals surface area contributed by atoms with Gasteiger partial charge in [0.25, 0.3) is 0 Å². The second-order valence-corrected chi connectivity index (χ2v) is 7.26. The van der Waals surface area contributed by atoms with Crippen LogP contribution >= 0.6 is 0 Å². The molecule has 7 nitrogen and oxygen atoms in total. The van der Waals surface area contributed by atoms with Crippen molar-refractivity contribution < 1.29 is 19.0 Å². The van der Waals surface area contributed by atoms with E-state index in [1.54, 1.807) is 21.3 Å². The Morgan fingerprint density at radius 1 is 0.933 bits per heavy atom. The van der Waals surface area contributed by atoms with Gasteiger partial charge in [0.1, 0.15) is 0 Å². The van der Waals surface area contributed by atoms with Crippen LogP contribution in [-0.4, -0.2) is 40.5 Å². The van der Waals surface area contributed by atoms with Crippen molar-refractivity contribution in [2.45, 2.75) is 32.2 Å². The van der Waals surface area contributed by atoms with Crippen LogP contribution in [0.5, 0.6) is 17.2 Å². The molecule has 2 N–H and O–H groups in total. The van der Waals surface area contributed by atoms with Gasteiger partial charge in [-0.1, -0.05) is 25.0 Å². The van der Waals surface area contributed by atoms with E-state index in [9.17, 15) is 4.79 Å². The number of anilines is 2. The van der Waals surface area contributed by atoms with Gasteiger partial charge in [-0.05, 0) is 42.7 Å². The van der Waals surface area contributed by atoms with E-state index in [0.29, 0.717) is 23.8 Å². The normalized spacial score (nSPS) is 13.9. The lowest BCUT2D eigenvalue weighted by molar-refractivity contribution is 0.251. The zero-order valence-electron chi connectivity index (χ0n) is 18.0. The van der Waals surface area contributed by atoms with E-state index >= 15 is 0 Å². The summed E-state index contributed by atoms with van der Waals surface area (Å²) in [4.78, 5) is 15.0. The van der Waals surface area contributed by atoms with Gasteiger partial charge < -0.3 is 29.7 Å². The molecule has 3 rings (SSSR count). The smallest absolute Gasteiger partial charge is 0.319 e. The Labute approximate surface area is 178 Å². The lowest BCUT2D eigenvalue weighted by Crippen LogP contribution is -2.30. The zero-order chi connectivity index (χ0) is 21.3. The maximum Gasteiger partial charge on any atom is 0.319 e. The average molecular weight is 414 g/mol. The number of methoxy groups -OCH3 is 3. The summed E-state index contributed by atoms with van der Waals surface area (Å²) in [6.45, 7) is 2.37. The molecule has 162 valence electrons. The maximum absolute atomic E-state index is 12.6. The first-order valence-corrected chi connectivity index (χ1v) is 10.3. The van der Waals surface area contributed by atoms with Crippen LogP contribution in [-0.2, 0) is 6.54 Å². The molecule has 0 aliphatic carbocycles. The monoisotopic (exact) mass is 413 g/mol. The minimum Gasteiger partial charge on any atom is -0.493 e. The predicted molar refractivity (Wildman–Crippen MR) is 119 cm³/mol. The number of carbonyl (C=O) groups is 1. The third-order valence-electron chi connectivity index (χ3n) is 5.28. The van der Waals surface area contributed by atoms with Crippen LogP contribution in [0, 0.1) is 0 Å². The van der Waals surface area contributed by atoms with E-state index < -0.39 is 0 Å². The molecule has 2 aromatic carbocycles. The van der Waals surface area contributed by atoms with E-state index in [1.807, 2.05) is 30.3 Å². The number of nitrogens with one attached hydrogen (secondary N) is 2. The Balaban J connectivity index is 1.67. The second kappa shape index (κ2) is 10.6. The van der Waals surface area contributed by atoms with E-state index in [1.165, 1.54) is 25.7 Å². The minimum absolute atomic E-state index is 0.258. The van der Waals surface area contributed by atoms with Crippen LogP contribution in [0.15, 0.2) is 36.4 Å². The fraction of sp³-hybridized carbons (Fsp3) is 0.435. The molecule has 1 fully saturated rings. The standard InChI is InChI=1S/C23H31N3O4/c1-28-20-14-17(15-21(29-2)22(20)30-3)16-24-23(27)25-18-10-6-7-11-19(18)26-12-8-4-5-9-13-26/h6-7,10-11,14-15H,4-5,8-9,12-13,16H2,1-3H3,(H2,24,25,27). The number of benzene rings is 2. The Kier molecular flexibility index (Phi) is 7.65. The topological polar surface area (TPSA) is 72.1 Å². The van der Waals surface area contributed by atoms with Crippen LogP contribution in [0.25, 0.3) is 0 Å². The summed E-state index contributed by atoms with van der Waals surface area (Å²) >= 11 is 0. The second-order valence-electron chi connectivity index (χ2n) is 7.26. The molecule has 1 heterocycles. The highest BCUT2D eigenvalue weighted by molar-refractivity contribution is 5.93. The predicted octanol–water partition coefficient (Wildman–Crippen LogP) is 4.41. The van der Waals surface area contributed by atoms with Crippen LogP contribution in [0.2, 0.25) is 0 Å². The van der Waals surface area contributed by atoms with Crippen molar-refractivity contribution >= 4 is 17.4 Å². The van der Waals surface area contributed by atoms with Crippen LogP contribution in [0.3, 0.4) is 0 Å². The summed E-state index contributed by atoms with van der Waals surface area (Å²) in [5.74, 6) is 1.64. The van der Waals surface area contributed by atoms with Gasteiger partial charge in [0, 0.05) is 19.6 Å². The van der Waals surface area contributed by atoms with E-state index in [0.717, 1.165) is 30.0 Å². The van der Waals surface area contributed by atoms with Crippen molar-refractivity contribution in [1.29, 1.82) is 0 Å². The molecule has 0 aromatic heterocycles. The molecule has 30 heavy (non-hydrogen) atoms. The van der Waals surface area contributed by atoms with Gasteiger partial charge in [-0.25, -0.2) is 4.79 Å². The van der Waals surface area contributed by atoms with Gasteiger partial charge in [-0.2, -0.15) is 0 Å². The molecule has 1 aliphatic rings. The van der Waals surface area contributed by atoms with E-state index in [2.05, 4.69) is 21.6 Å². The molecule has 0 radical (unpaired) electrons. The summed E-state index contributed by atoms with van der Waals surface area (Å²) in [7, 11) is 4.70. The summed E-state index contributed by atoms with van der Waals surface area (Å²) in [5, 5.41) is 5.91. The summed E-state index contributed by atoms with van der Waals surface area (Å²) in [6.07, 6.45) is 4.89. The Bertz CT molecular complexity index is 823. The fourth-order valence-electron chi connectivity index (χ4n) is 3.75. The first kappa shape index (κ1) is 21.6. The molecular weight excluding hydrogens is 382 g/mol. The van der Waals surface area contributed by atoms with Crippen molar-refractivity contribution in [2.24, 2.45) is 0 Å². The van der Waals surface area contributed by atoms with Crippen molar-refractivity contribution in [3.05, 3.63) is 42.0 Å². The number of ether oxygens (including phenoxy) is 3. The van der Waals surface area contributed by atoms with Crippen molar-refractivity contribution in [1.82, 2.24) is 5.32 Å². The van der Waals surface area contributed by atoms with Crippen molar-refractivity contribution in [3.63, 3.8) is 0 Å². The molecule has 2 amide bonds. The summed E-state index contributed by atoms with van der Waals surface area (Å²) in [5.41, 5.74) is 2.74. The highest BCUT2D eigenvalue weighted by Crippen LogP contribution is 2.38. The van der Waals surface area contributed by atoms with Gasteiger partial charge in [0.15, 0.2) is 11.5 Å². The molecule has 0 bridgehead atoms. The number of nitrogens with zero attached hydrogens (tertiary/aromatic N) is 1. The molecule has 0 unspecified atom stereocenters. The first-order valence-electron chi connectivity index (χ1n) is 10.3. The quantitative estimate of drug-likeness (QED) is 0.703. The van der Waals surface area contributed by atoms with Crippen molar-refractivity contribution in [3.8, 4) is 17.2 Å². The average Bonchev–Trinajstić information content (AvgIpc) is 3.06. The molecule has 0 saturated carbocycles. The Morgan fingerprint density at radius 3 is 2.17 bits per heavy atom. The summed E-state index contributed by atoms with van der Waals surface area (Å²) in [6, 6.07) is 11.4. The number of carbonyl (C=O) groups excluding carboxylic acids is 1. The van der Waals surface area contributed by atoms with Gasteiger partial charge >= 0.3 is 6.03 Å². The number of para-hydroxylation sites is 2. The zero-order valence-corrected chi connectivity index (χ0v) is 18.0. The van der Waals surface area contributed by atoms with E-state index in [-0.39, 0.29) is 6.03 Å². The van der Waals surface area contributed by atoms with E-state index in [4.69, 9.17) is 14.2 Å². The van der Waals surface area contributed by atoms with Gasteiger partial charge in [0.05, 0.1) is 32.7 Å². The first-order chi connectivity index (χ1) is 14.7. The number of urea groups is 1. The number of rotatable bonds is 7. The SMILES string of the molecule is COc1cc(CNC(=O)Nc2ccccc2N2CCCCCC2)cc(OC)c1OC. The van der Waals surface area contributed by atoms with Crippen LogP contribution < -0.4 is 29.7 Å². The lowest BCUT2D eigenvalue weighted by atomic mass is 10.2. The molecule has 2 aromatic rings. The van der Waals surface area contributed by atoms with Crippen molar-refractivity contribution in [2.75, 3.05) is 44.6 Å². The third kappa shape index (κ3) is 5.28. The highest BCUT2D eigenvalue weighted by Gasteiger charge is 2.16. The molecule has 1 aliphatic heterocycles. The number of amides is 2. The van der Waals surface area contributed by atoms with Crippen LogP contribution in [0.1, 0.15) is 31.2 Å².